The fourth-order valence-corrected chi connectivity index (χ4v) is 4.18. The highest BCUT2D eigenvalue weighted by Gasteiger charge is 2.21. The van der Waals surface area contributed by atoms with Crippen LogP contribution in [0, 0.1) is 0 Å². The number of aromatic nitrogens is 2. The Kier molecular flexibility index (Phi) is 4.65. The van der Waals surface area contributed by atoms with Crippen molar-refractivity contribution in [2.45, 2.75) is 30.3 Å². The second-order valence-electron chi connectivity index (χ2n) is 6.24. The Balaban J connectivity index is 1.43. The van der Waals surface area contributed by atoms with Gasteiger partial charge in [0.1, 0.15) is 5.03 Å². The molecule has 0 fully saturated rings. The summed E-state index contributed by atoms with van der Waals surface area (Å²) in [7, 11) is 0. The minimum Gasteiger partial charge on any atom is -0.349 e. The third kappa shape index (κ3) is 3.51. The van der Waals surface area contributed by atoms with E-state index in [1.165, 1.54) is 22.9 Å². The van der Waals surface area contributed by atoms with Gasteiger partial charge >= 0.3 is 0 Å². The Bertz CT molecular complexity index is 907. The molecule has 126 valence electrons. The molecule has 1 heterocycles. The molecule has 4 rings (SSSR count). The molecule has 0 aliphatic heterocycles. The van der Waals surface area contributed by atoms with Gasteiger partial charge in [-0.2, -0.15) is 5.10 Å². The van der Waals surface area contributed by atoms with Gasteiger partial charge in [0.25, 0.3) is 0 Å². The molecule has 1 unspecified atom stereocenters. The lowest BCUT2D eigenvalue weighted by molar-refractivity contribution is -0.119. The zero-order valence-electron chi connectivity index (χ0n) is 13.8. The average Bonchev–Trinajstić information content (AvgIpc) is 2.66. The predicted molar refractivity (Wildman–Crippen MR) is 101 cm³/mol. The molecule has 2 aromatic carbocycles. The minimum atomic E-state index is 0.0430. The molecular formula is C20H19N3OS. The van der Waals surface area contributed by atoms with Crippen molar-refractivity contribution in [2.75, 3.05) is 5.75 Å². The van der Waals surface area contributed by atoms with Crippen molar-refractivity contribution in [1.82, 2.24) is 15.5 Å². The van der Waals surface area contributed by atoms with Crippen LogP contribution in [0.25, 0.3) is 10.8 Å². The van der Waals surface area contributed by atoms with E-state index in [2.05, 4.69) is 33.7 Å². The first kappa shape index (κ1) is 16.1. The highest BCUT2D eigenvalue weighted by Crippen LogP contribution is 2.30. The monoisotopic (exact) mass is 349 g/mol. The van der Waals surface area contributed by atoms with E-state index in [-0.39, 0.29) is 11.9 Å². The summed E-state index contributed by atoms with van der Waals surface area (Å²) in [4.78, 5) is 12.5. The van der Waals surface area contributed by atoms with E-state index in [1.807, 2.05) is 30.3 Å². The number of nitrogens with one attached hydrogen (secondary N) is 1. The molecule has 0 spiro atoms. The number of hydrogen-bond donors (Lipinski definition) is 1. The zero-order valence-corrected chi connectivity index (χ0v) is 14.6. The molecule has 0 saturated heterocycles. The molecule has 0 radical (unpaired) electrons. The highest BCUT2D eigenvalue weighted by atomic mass is 32.2. The van der Waals surface area contributed by atoms with Gasteiger partial charge in [-0.05, 0) is 30.4 Å². The first-order valence-electron chi connectivity index (χ1n) is 8.51. The van der Waals surface area contributed by atoms with E-state index in [4.69, 9.17) is 0 Å². The van der Waals surface area contributed by atoms with Crippen LogP contribution in [0.1, 0.15) is 30.0 Å². The number of fused-ring (bicyclic) bond motifs is 2. The van der Waals surface area contributed by atoms with E-state index >= 15 is 0 Å². The lowest BCUT2D eigenvalue weighted by Crippen LogP contribution is -2.32. The Morgan fingerprint density at radius 1 is 1.16 bits per heavy atom. The second kappa shape index (κ2) is 7.23. The van der Waals surface area contributed by atoms with Gasteiger partial charge in [-0.1, -0.05) is 60.3 Å². The molecule has 3 aromatic rings. The molecule has 1 N–H and O–H groups in total. The average molecular weight is 349 g/mol. The van der Waals surface area contributed by atoms with Crippen LogP contribution in [0.5, 0.6) is 0 Å². The Hall–Kier alpha value is -2.40. The van der Waals surface area contributed by atoms with Gasteiger partial charge in [0.2, 0.25) is 5.91 Å². The predicted octanol–water partition coefficient (Wildman–Crippen LogP) is 3.92. The third-order valence-corrected chi connectivity index (χ3v) is 5.56. The van der Waals surface area contributed by atoms with Crippen LogP contribution in [0.15, 0.2) is 59.8 Å². The molecule has 1 atom stereocenters. The molecular weight excluding hydrogens is 330 g/mol. The largest absolute Gasteiger partial charge is 0.349 e. The molecule has 1 aliphatic rings. The number of benzene rings is 2. The number of thioether (sulfide) groups is 1. The number of carbonyl (C=O) groups excluding carboxylic acids is 1. The van der Waals surface area contributed by atoms with Crippen LogP contribution in [0.4, 0.5) is 0 Å². The minimum absolute atomic E-state index is 0.0430. The normalized spacial score (nSPS) is 16.4. The zero-order chi connectivity index (χ0) is 17.1. The van der Waals surface area contributed by atoms with Crippen molar-refractivity contribution in [3.05, 3.63) is 65.9 Å². The van der Waals surface area contributed by atoms with Gasteiger partial charge in [-0.3, -0.25) is 4.79 Å². The molecule has 4 nitrogen and oxygen atoms in total. The second-order valence-corrected chi connectivity index (χ2v) is 7.20. The number of nitrogens with zero attached hydrogens (tertiary/aromatic N) is 2. The van der Waals surface area contributed by atoms with Crippen molar-refractivity contribution >= 4 is 28.4 Å². The van der Waals surface area contributed by atoms with E-state index in [1.54, 1.807) is 6.20 Å². The van der Waals surface area contributed by atoms with Crippen LogP contribution in [-0.2, 0) is 11.2 Å². The maximum atomic E-state index is 12.5. The molecule has 1 amide bonds. The van der Waals surface area contributed by atoms with Gasteiger partial charge in [0.05, 0.1) is 18.0 Å². The first-order valence-corrected chi connectivity index (χ1v) is 9.50. The smallest absolute Gasteiger partial charge is 0.230 e. The standard InChI is InChI=1S/C20H19N3OS/c24-19(22-18-11-5-8-14-6-1-3-9-16(14)18)13-25-20-17-10-4-2-7-15(17)12-21-23-20/h1-4,6-7,9-10,12,18H,5,8,11,13H2,(H,22,24). The topological polar surface area (TPSA) is 54.9 Å². The van der Waals surface area contributed by atoms with Gasteiger partial charge in [0, 0.05) is 10.8 Å². The van der Waals surface area contributed by atoms with Crippen LogP contribution in [0.3, 0.4) is 0 Å². The van der Waals surface area contributed by atoms with Crippen molar-refractivity contribution < 1.29 is 4.79 Å². The lowest BCUT2D eigenvalue weighted by Gasteiger charge is -2.26. The van der Waals surface area contributed by atoms with E-state index < -0.39 is 0 Å². The summed E-state index contributed by atoms with van der Waals surface area (Å²) >= 11 is 1.44. The van der Waals surface area contributed by atoms with E-state index in [9.17, 15) is 4.79 Å². The van der Waals surface area contributed by atoms with Crippen LogP contribution in [-0.4, -0.2) is 21.9 Å². The summed E-state index contributed by atoms with van der Waals surface area (Å²) in [6, 6.07) is 16.5. The van der Waals surface area contributed by atoms with Crippen molar-refractivity contribution in [3.63, 3.8) is 0 Å². The highest BCUT2D eigenvalue weighted by molar-refractivity contribution is 8.00. The fraction of sp³-hybridized carbons (Fsp3) is 0.250. The molecule has 5 heteroatoms. The number of carbonyl (C=O) groups is 1. The molecule has 1 aliphatic carbocycles. The SMILES string of the molecule is O=C(CSc1nncc2ccccc12)NC1CCCc2ccccc21. The molecule has 0 saturated carbocycles. The summed E-state index contributed by atoms with van der Waals surface area (Å²) in [5.41, 5.74) is 2.61. The summed E-state index contributed by atoms with van der Waals surface area (Å²) in [5.74, 6) is 0.392. The number of aryl methyl sites for hydroxylation is 1. The summed E-state index contributed by atoms with van der Waals surface area (Å²) in [6.07, 6.45) is 4.96. The summed E-state index contributed by atoms with van der Waals surface area (Å²) in [6.45, 7) is 0. The van der Waals surface area contributed by atoms with Crippen molar-refractivity contribution in [2.24, 2.45) is 0 Å². The lowest BCUT2D eigenvalue weighted by atomic mass is 9.88. The van der Waals surface area contributed by atoms with Gasteiger partial charge < -0.3 is 5.32 Å². The quantitative estimate of drug-likeness (QED) is 0.726. The Morgan fingerprint density at radius 3 is 2.96 bits per heavy atom. The van der Waals surface area contributed by atoms with Crippen LogP contribution >= 0.6 is 11.8 Å². The maximum Gasteiger partial charge on any atom is 0.230 e. The van der Waals surface area contributed by atoms with Gasteiger partial charge in [0.15, 0.2) is 0 Å². The molecule has 0 bridgehead atoms. The summed E-state index contributed by atoms with van der Waals surface area (Å²) < 4.78 is 0. The Labute approximate surface area is 151 Å². The maximum absolute atomic E-state index is 12.5. The summed E-state index contributed by atoms with van der Waals surface area (Å²) in [5, 5.41) is 14.3. The van der Waals surface area contributed by atoms with E-state index in [0.717, 1.165) is 35.1 Å². The van der Waals surface area contributed by atoms with Crippen molar-refractivity contribution in [1.29, 1.82) is 0 Å². The van der Waals surface area contributed by atoms with Crippen molar-refractivity contribution in [3.8, 4) is 0 Å². The number of hydrogen-bond acceptors (Lipinski definition) is 4. The third-order valence-electron chi connectivity index (χ3n) is 4.58. The van der Waals surface area contributed by atoms with Crippen LogP contribution < -0.4 is 5.32 Å². The molecule has 25 heavy (non-hydrogen) atoms. The fourth-order valence-electron chi connectivity index (χ4n) is 3.38. The number of rotatable bonds is 4. The van der Waals surface area contributed by atoms with Gasteiger partial charge in [-0.25, -0.2) is 0 Å². The van der Waals surface area contributed by atoms with Gasteiger partial charge in [-0.15, -0.1) is 5.10 Å². The Morgan fingerprint density at radius 2 is 2.00 bits per heavy atom. The van der Waals surface area contributed by atoms with Crippen LogP contribution in [0.2, 0.25) is 0 Å². The van der Waals surface area contributed by atoms with E-state index in [0.29, 0.717) is 5.75 Å². The number of amides is 1. The first-order chi connectivity index (χ1) is 12.3. The molecule has 1 aromatic heterocycles.